The molecule has 134 valence electrons. The van der Waals surface area contributed by atoms with Crippen LogP contribution in [0.3, 0.4) is 0 Å². The third-order valence-corrected chi connectivity index (χ3v) is 4.87. The lowest BCUT2D eigenvalue weighted by molar-refractivity contribution is 0.0929. The molecule has 0 saturated heterocycles. The molecule has 2 aromatic heterocycles. The molecule has 1 aliphatic rings. The Labute approximate surface area is 150 Å². The van der Waals surface area contributed by atoms with Crippen LogP contribution in [-0.2, 0) is 0 Å². The molecule has 8 nitrogen and oxygen atoms in total. The molecule has 0 unspecified atom stereocenters. The number of aromatic nitrogens is 4. The number of nitrogens with zero attached hydrogens (tertiary/aromatic N) is 4. The molecular formula is C18H20N6O2. The van der Waals surface area contributed by atoms with E-state index in [4.69, 9.17) is 10.5 Å². The maximum absolute atomic E-state index is 12.7. The number of nitrogens with one attached hydrogen (secondary N) is 1. The number of anilines is 1. The summed E-state index contributed by atoms with van der Waals surface area (Å²) >= 11 is 0. The van der Waals surface area contributed by atoms with Crippen molar-refractivity contribution >= 4 is 22.9 Å². The van der Waals surface area contributed by atoms with Gasteiger partial charge in [-0.15, -0.1) is 0 Å². The Morgan fingerprint density at radius 3 is 3.04 bits per heavy atom. The summed E-state index contributed by atoms with van der Waals surface area (Å²) in [5.41, 5.74) is 7.75. The standard InChI is InChI=1S/C18H20N6O2/c1-26-12-5-2-4-11(8-12)18(25)23-13-6-3-7-14(13)24-10-22-15-16(19)20-9-21-17(15)24/h2,4-5,8-10,13-14H,3,6-7H2,1H3,(H,23,25)(H2,19,20,21)/t13-,14-/m1/s1. The number of rotatable bonds is 4. The van der Waals surface area contributed by atoms with Crippen molar-refractivity contribution in [2.24, 2.45) is 0 Å². The molecule has 2 atom stereocenters. The monoisotopic (exact) mass is 352 g/mol. The molecule has 3 aromatic rings. The summed E-state index contributed by atoms with van der Waals surface area (Å²) in [5, 5.41) is 3.15. The number of nitrogen functional groups attached to an aromatic ring is 1. The zero-order valence-electron chi connectivity index (χ0n) is 14.4. The van der Waals surface area contributed by atoms with Crippen molar-refractivity contribution in [3.05, 3.63) is 42.5 Å². The summed E-state index contributed by atoms with van der Waals surface area (Å²) < 4.78 is 7.19. The van der Waals surface area contributed by atoms with Crippen molar-refractivity contribution in [3.63, 3.8) is 0 Å². The number of hydrogen-bond acceptors (Lipinski definition) is 6. The molecule has 26 heavy (non-hydrogen) atoms. The van der Waals surface area contributed by atoms with E-state index in [0.29, 0.717) is 28.3 Å². The van der Waals surface area contributed by atoms with Gasteiger partial charge < -0.3 is 20.4 Å². The number of ether oxygens (including phenoxy) is 1. The third kappa shape index (κ3) is 2.83. The topological polar surface area (TPSA) is 108 Å². The van der Waals surface area contributed by atoms with Gasteiger partial charge in [0.25, 0.3) is 5.91 Å². The quantitative estimate of drug-likeness (QED) is 0.743. The van der Waals surface area contributed by atoms with Crippen LogP contribution in [0.1, 0.15) is 35.7 Å². The second kappa shape index (κ2) is 6.62. The van der Waals surface area contributed by atoms with E-state index in [1.165, 1.54) is 6.33 Å². The predicted molar refractivity (Wildman–Crippen MR) is 96.9 cm³/mol. The molecule has 8 heteroatoms. The Morgan fingerprint density at radius 1 is 1.31 bits per heavy atom. The molecule has 1 amide bonds. The van der Waals surface area contributed by atoms with E-state index in [9.17, 15) is 4.79 Å². The zero-order valence-corrected chi connectivity index (χ0v) is 14.4. The number of carbonyl (C=O) groups excluding carboxylic acids is 1. The minimum atomic E-state index is -0.112. The average Bonchev–Trinajstić information content (AvgIpc) is 3.29. The predicted octanol–water partition coefficient (Wildman–Crippen LogP) is 1.94. The molecule has 0 bridgehead atoms. The highest BCUT2D eigenvalue weighted by atomic mass is 16.5. The van der Waals surface area contributed by atoms with E-state index >= 15 is 0 Å². The lowest BCUT2D eigenvalue weighted by atomic mass is 10.1. The fourth-order valence-corrected chi connectivity index (χ4v) is 3.57. The van der Waals surface area contributed by atoms with Crippen LogP contribution in [-0.4, -0.2) is 38.6 Å². The number of imidazole rings is 1. The van der Waals surface area contributed by atoms with Gasteiger partial charge in [-0.1, -0.05) is 6.07 Å². The highest BCUT2D eigenvalue weighted by Gasteiger charge is 2.31. The minimum absolute atomic E-state index is 0.00212. The Kier molecular flexibility index (Phi) is 4.16. The van der Waals surface area contributed by atoms with Gasteiger partial charge in [-0.25, -0.2) is 15.0 Å². The van der Waals surface area contributed by atoms with Crippen molar-refractivity contribution in [3.8, 4) is 5.75 Å². The Morgan fingerprint density at radius 2 is 2.19 bits per heavy atom. The van der Waals surface area contributed by atoms with Crippen LogP contribution in [0.25, 0.3) is 11.2 Å². The summed E-state index contributed by atoms with van der Waals surface area (Å²) in [5.74, 6) is 0.913. The van der Waals surface area contributed by atoms with Crippen LogP contribution >= 0.6 is 0 Å². The Bertz CT molecular complexity index is 954. The van der Waals surface area contributed by atoms with E-state index in [1.807, 2.05) is 16.7 Å². The normalized spacial score (nSPS) is 19.6. The molecule has 2 heterocycles. The average molecular weight is 352 g/mol. The fraction of sp³-hybridized carbons (Fsp3) is 0.333. The van der Waals surface area contributed by atoms with Gasteiger partial charge in [-0.3, -0.25) is 4.79 Å². The Hall–Kier alpha value is -3.16. The third-order valence-electron chi connectivity index (χ3n) is 4.87. The van der Waals surface area contributed by atoms with E-state index < -0.39 is 0 Å². The molecule has 1 aromatic carbocycles. The summed E-state index contributed by atoms with van der Waals surface area (Å²) in [7, 11) is 1.59. The summed E-state index contributed by atoms with van der Waals surface area (Å²) in [6.07, 6.45) is 6.04. The molecule has 0 aliphatic heterocycles. The van der Waals surface area contributed by atoms with Gasteiger partial charge in [-0.05, 0) is 37.5 Å². The summed E-state index contributed by atoms with van der Waals surface area (Å²) in [6.45, 7) is 0. The van der Waals surface area contributed by atoms with Crippen molar-refractivity contribution in [2.45, 2.75) is 31.3 Å². The number of fused-ring (bicyclic) bond motifs is 1. The molecular weight excluding hydrogens is 332 g/mol. The summed E-state index contributed by atoms with van der Waals surface area (Å²) in [4.78, 5) is 25.3. The van der Waals surface area contributed by atoms with Gasteiger partial charge in [0, 0.05) is 11.6 Å². The smallest absolute Gasteiger partial charge is 0.251 e. The van der Waals surface area contributed by atoms with Crippen molar-refractivity contribution in [1.82, 2.24) is 24.8 Å². The second-order valence-electron chi connectivity index (χ2n) is 6.39. The van der Waals surface area contributed by atoms with E-state index in [-0.39, 0.29) is 18.0 Å². The van der Waals surface area contributed by atoms with E-state index in [0.717, 1.165) is 19.3 Å². The van der Waals surface area contributed by atoms with Crippen LogP contribution in [0.4, 0.5) is 5.82 Å². The first-order valence-electron chi connectivity index (χ1n) is 8.55. The van der Waals surface area contributed by atoms with Crippen LogP contribution in [0.5, 0.6) is 5.75 Å². The van der Waals surface area contributed by atoms with Crippen molar-refractivity contribution in [1.29, 1.82) is 0 Å². The molecule has 4 rings (SSSR count). The molecule has 3 N–H and O–H groups in total. The molecule has 1 saturated carbocycles. The van der Waals surface area contributed by atoms with Crippen LogP contribution < -0.4 is 15.8 Å². The highest BCUT2D eigenvalue weighted by molar-refractivity contribution is 5.94. The Balaban J connectivity index is 1.58. The lowest BCUT2D eigenvalue weighted by Gasteiger charge is -2.22. The zero-order chi connectivity index (χ0) is 18.1. The number of methoxy groups -OCH3 is 1. The maximum atomic E-state index is 12.7. The first kappa shape index (κ1) is 16.3. The van der Waals surface area contributed by atoms with Gasteiger partial charge in [0.05, 0.1) is 19.5 Å². The number of nitrogens with two attached hydrogens (primary N) is 1. The van der Waals surface area contributed by atoms with Gasteiger partial charge in [0.1, 0.15) is 17.6 Å². The minimum Gasteiger partial charge on any atom is -0.497 e. The molecule has 0 spiro atoms. The van der Waals surface area contributed by atoms with Crippen LogP contribution in [0.15, 0.2) is 36.9 Å². The van der Waals surface area contributed by atoms with Gasteiger partial charge in [0.15, 0.2) is 11.5 Å². The van der Waals surface area contributed by atoms with E-state index in [1.54, 1.807) is 25.6 Å². The van der Waals surface area contributed by atoms with Crippen LogP contribution in [0.2, 0.25) is 0 Å². The second-order valence-corrected chi connectivity index (χ2v) is 6.39. The SMILES string of the molecule is COc1cccc(C(=O)N[C@@H]2CCC[C@H]2n2cnc3c(N)ncnc32)c1. The summed E-state index contributed by atoms with van der Waals surface area (Å²) in [6, 6.07) is 7.23. The van der Waals surface area contributed by atoms with Gasteiger partial charge in [0.2, 0.25) is 0 Å². The van der Waals surface area contributed by atoms with Crippen LogP contribution in [0, 0.1) is 0 Å². The highest BCUT2D eigenvalue weighted by Crippen LogP contribution is 2.33. The van der Waals surface area contributed by atoms with Crippen molar-refractivity contribution in [2.75, 3.05) is 12.8 Å². The van der Waals surface area contributed by atoms with E-state index in [2.05, 4.69) is 20.3 Å². The number of amides is 1. The number of benzene rings is 1. The lowest BCUT2D eigenvalue weighted by Crippen LogP contribution is -2.38. The molecule has 1 fully saturated rings. The van der Waals surface area contributed by atoms with Gasteiger partial charge >= 0.3 is 0 Å². The number of carbonyl (C=O) groups is 1. The first-order valence-corrected chi connectivity index (χ1v) is 8.55. The van der Waals surface area contributed by atoms with Crippen molar-refractivity contribution < 1.29 is 9.53 Å². The fourth-order valence-electron chi connectivity index (χ4n) is 3.57. The molecule has 0 radical (unpaired) electrons. The first-order chi connectivity index (χ1) is 12.7. The van der Waals surface area contributed by atoms with Gasteiger partial charge in [-0.2, -0.15) is 0 Å². The number of hydrogen-bond donors (Lipinski definition) is 2. The maximum Gasteiger partial charge on any atom is 0.251 e. The molecule has 1 aliphatic carbocycles. The largest absolute Gasteiger partial charge is 0.497 e.